The number of rotatable bonds is 3. The number of fused-ring (bicyclic) bond motifs is 1. The number of ether oxygens (including phenoxy) is 3. The predicted molar refractivity (Wildman–Crippen MR) is 79.6 cm³/mol. The van der Waals surface area contributed by atoms with Gasteiger partial charge in [0.1, 0.15) is 23.0 Å². The van der Waals surface area contributed by atoms with Gasteiger partial charge in [-0.15, -0.1) is 0 Å². The highest BCUT2D eigenvalue weighted by Gasteiger charge is 2.24. The summed E-state index contributed by atoms with van der Waals surface area (Å²) in [5.74, 6) is 2.69. The van der Waals surface area contributed by atoms with Gasteiger partial charge in [0, 0.05) is 23.6 Å². The quantitative estimate of drug-likeness (QED) is 0.941. The molecule has 110 valence electrons. The van der Waals surface area contributed by atoms with E-state index in [1.807, 2.05) is 30.3 Å². The van der Waals surface area contributed by atoms with Crippen molar-refractivity contribution in [2.24, 2.45) is 0 Å². The Morgan fingerprint density at radius 3 is 2.48 bits per heavy atom. The Balaban J connectivity index is 1.86. The standard InChI is InChI=1S/C17H18O4/c1-19-13-5-6-15(16(18)8-13)12-7-11-3-4-14(20-2)9-17(11)21-10-12/h3-6,8-9,12,18H,7,10H2,1-2H3/t12-/m0/s1. The maximum atomic E-state index is 10.1. The van der Waals surface area contributed by atoms with Gasteiger partial charge < -0.3 is 19.3 Å². The lowest BCUT2D eigenvalue weighted by molar-refractivity contribution is 0.258. The normalized spacial score (nSPS) is 16.8. The van der Waals surface area contributed by atoms with Crippen molar-refractivity contribution < 1.29 is 19.3 Å². The summed E-state index contributed by atoms with van der Waals surface area (Å²) in [7, 11) is 3.23. The van der Waals surface area contributed by atoms with Gasteiger partial charge in [0.05, 0.1) is 20.8 Å². The molecule has 1 N–H and O–H groups in total. The first kappa shape index (κ1) is 13.6. The second-order valence-corrected chi connectivity index (χ2v) is 5.11. The fourth-order valence-electron chi connectivity index (χ4n) is 2.68. The summed E-state index contributed by atoms with van der Waals surface area (Å²) in [4.78, 5) is 0. The second-order valence-electron chi connectivity index (χ2n) is 5.11. The SMILES string of the molecule is COc1ccc([C@@H]2COc3cc(OC)ccc3C2)c(O)c1. The van der Waals surface area contributed by atoms with Crippen LogP contribution in [0.25, 0.3) is 0 Å². The first-order valence-corrected chi connectivity index (χ1v) is 6.88. The number of hydrogen-bond donors (Lipinski definition) is 1. The van der Waals surface area contributed by atoms with Gasteiger partial charge in [-0.25, -0.2) is 0 Å². The van der Waals surface area contributed by atoms with Crippen LogP contribution in [0.4, 0.5) is 0 Å². The predicted octanol–water partition coefficient (Wildman–Crippen LogP) is 3.13. The average Bonchev–Trinajstić information content (AvgIpc) is 2.53. The van der Waals surface area contributed by atoms with E-state index in [2.05, 4.69) is 0 Å². The van der Waals surface area contributed by atoms with Gasteiger partial charge in [-0.2, -0.15) is 0 Å². The molecule has 2 aromatic carbocycles. The summed E-state index contributed by atoms with van der Waals surface area (Å²) in [6, 6.07) is 11.2. The number of aromatic hydroxyl groups is 1. The number of benzene rings is 2. The minimum atomic E-state index is 0.136. The second kappa shape index (κ2) is 5.56. The van der Waals surface area contributed by atoms with Crippen molar-refractivity contribution in [1.82, 2.24) is 0 Å². The van der Waals surface area contributed by atoms with Crippen molar-refractivity contribution in [3.63, 3.8) is 0 Å². The van der Waals surface area contributed by atoms with Crippen molar-refractivity contribution in [2.45, 2.75) is 12.3 Å². The van der Waals surface area contributed by atoms with Gasteiger partial charge in [-0.3, -0.25) is 0 Å². The maximum absolute atomic E-state index is 10.1. The minimum absolute atomic E-state index is 0.136. The molecular weight excluding hydrogens is 268 g/mol. The molecule has 0 radical (unpaired) electrons. The maximum Gasteiger partial charge on any atom is 0.126 e. The molecule has 0 saturated carbocycles. The molecule has 0 amide bonds. The molecule has 21 heavy (non-hydrogen) atoms. The Morgan fingerprint density at radius 2 is 1.76 bits per heavy atom. The first-order chi connectivity index (χ1) is 10.2. The van der Waals surface area contributed by atoms with E-state index in [0.717, 1.165) is 29.0 Å². The topological polar surface area (TPSA) is 47.9 Å². The van der Waals surface area contributed by atoms with E-state index in [1.54, 1.807) is 20.3 Å². The van der Waals surface area contributed by atoms with Gasteiger partial charge in [0.15, 0.2) is 0 Å². The number of phenolic OH excluding ortho intramolecular Hbond substituents is 1. The summed E-state index contributed by atoms with van der Waals surface area (Å²) < 4.78 is 16.1. The highest BCUT2D eigenvalue weighted by Crippen LogP contribution is 2.38. The Labute approximate surface area is 123 Å². The molecule has 4 nitrogen and oxygen atoms in total. The zero-order valence-electron chi connectivity index (χ0n) is 12.1. The van der Waals surface area contributed by atoms with Crippen molar-refractivity contribution in [1.29, 1.82) is 0 Å². The molecule has 1 heterocycles. The lowest BCUT2D eigenvalue weighted by Crippen LogP contribution is -2.19. The Morgan fingerprint density at radius 1 is 1.05 bits per heavy atom. The average molecular weight is 286 g/mol. The molecular formula is C17H18O4. The van der Waals surface area contributed by atoms with E-state index in [1.165, 1.54) is 0 Å². The summed E-state index contributed by atoms with van der Waals surface area (Å²) >= 11 is 0. The van der Waals surface area contributed by atoms with E-state index in [4.69, 9.17) is 14.2 Å². The number of phenols is 1. The van der Waals surface area contributed by atoms with Crippen LogP contribution in [0, 0.1) is 0 Å². The lowest BCUT2D eigenvalue weighted by atomic mass is 9.89. The van der Waals surface area contributed by atoms with Gasteiger partial charge in [-0.1, -0.05) is 12.1 Å². The van der Waals surface area contributed by atoms with Crippen molar-refractivity contribution in [3.8, 4) is 23.0 Å². The van der Waals surface area contributed by atoms with Crippen LogP contribution in [-0.2, 0) is 6.42 Å². The Kier molecular flexibility index (Phi) is 3.60. The molecule has 0 unspecified atom stereocenters. The molecule has 0 fully saturated rings. The fourth-order valence-corrected chi connectivity index (χ4v) is 2.68. The fraction of sp³-hybridized carbons (Fsp3) is 0.294. The Bertz CT molecular complexity index is 651. The van der Waals surface area contributed by atoms with Gasteiger partial charge in [-0.05, 0) is 24.1 Å². The van der Waals surface area contributed by atoms with Crippen LogP contribution in [0.1, 0.15) is 17.0 Å². The highest BCUT2D eigenvalue weighted by molar-refractivity contribution is 5.47. The molecule has 0 saturated heterocycles. The molecule has 0 aliphatic carbocycles. The molecule has 1 atom stereocenters. The van der Waals surface area contributed by atoms with Crippen LogP contribution < -0.4 is 14.2 Å². The van der Waals surface area contributed by atoms with Crippen LogP contribution in [0.15, 0.2) is 36.4 Å². The third-order valence-corrected chi connectivity index (χ3v) is 3.86. The molecule has 0 bridgehead atoms. The molecule has 4 heteroatoms. The Hall–Kier alpha value is -2.36. The molecule has 0 aromatic heterocycles. The monoisotopic (exact) mass is 286 g/mol. The molecule has 3 rings (SSSR count). The summed E-state index contributed by atoms with van der Waals surface area (Å²) in [6.45, 7) is 0.542. The molecule has 2 aromatic rings. The smallest absolute Gasteiger partial charge is 0.126 e. The van der Waals surface area contributed by atoms with Crippen molar-refractivity contribution in [3.05, 3.63) is 47.5 Å². The van der Waals surface area contributed by atoms with Crippen molar-refractivity contribution in [2.75, 3.05) is 20.8 Å². The van der Waals surface area contributed by atoms with E-state index < -0.39 is 0 Å². The number of hydrogen-bond acceptors (Lipinski definition) is 4. The summed E-state index contributed by atoms with van der Waals surface area (Å²) in [5, 5.41) is 10.1. The third-order valence-electron chi connectivity index (χ3n) is 3.86. The summed E-state index contributed by atoms with van der Waals surface area (Å²) in [5.41, 5.74) is 2.01. The van der Waals surface area contributed by atoms with E-state index in [9.17, 15) is 5.11 Å². The zero-order chi connectivity index (χ0) is 14.8. The molecule has 1 aliphatic heterocycles. The van der Waals surface area contributed by atoms with E-state index in [0.29, 0.717) is 12.4 Å². The molecule has 1 aliphatic rings. The minimum Gasteiger partial charge on any atom is -0.508 e. The lowest BCUT2D eigenvalue weighted by Gasteiger charge is -2.26. The van der Waals surface area contributed by atoms with Crippen LogP contribution in [-0.4, -0.2) is 25.9 Å². The van der Waals surface area contributed by atoms with Gasteiger partial charge in [0.25, 0.3) is 0 Å². The van der Waals surface area contributed by atoms with Crippen LogP contribution in [0.2, 0.25) is 0 Å². The van der Waals surface area contributed by atoms with Gasteiger partial charge in [0.2, 0.25) is 0 Å². The summed E-state index contributed by atoms with van der Waals surface area (Å²) in [6.07, 6.45) is 0.833. The third kappa shape index (κ3) is 2.61. The van der Waals surface area contributed by atoms with Crippen LogP contribution >= 0.6 is 0 Å². The highest BCUT2D eigenvalue weighted by atomic mass is 16.5. The van der Waals surface area contributed by atoms with Gasteiger partial charge >= 0.3 is 0 Å². The van der Waals surface area contributed by atoms with Crippen molar-refractivity contribution >= 4 is 0 Å². The van der Waals surface area contributed by atoms with Crippen LogP contribution in [0.3, 0.4) is 0 Å². The largest absolute Gasteiger partial charge is 0.508 e. The van der Waals surface area contributed by atoms with E-state index in [-0.39, 0.29) is 11.7 Å². The molecule has 0 spiro atoms. The van der Waals surface area contributed by atoms with E-state index >= 15 is 0 Å². The van der Waals surface area contributed by atoms with Crippen LogP contribution in [0.5, 0.6) is 23.0 Å². The number of methoxy groups -OCH3 is 2. The zero-order valence-corrected chi connectivity index (χ0v) is 12.1. The first-order valence-electron chi connectivity index (χ1n) is 6.88.